The Morgan fingerprint density at radius 2 is 2.10 bits per heavy atom. The average Bonchev–Trinajstić information content (AvgIpc) is 3.07. The van der Waals surface area contributed by atoms with Crippen molar-refractivity contribution in [1.82, 2.24) is 24.7 Å². The molecular weight excluding hydrogens is 425 g/mol. The molecule has 1 amide bonds. The van der Waals surface area contributed by atoms with Gasteiger partial charge in [0.15, 0.2) is 0 Å². The first kappa shape index (κ1) is 21.8. The van der Waals surface area contributed by atoms with E-state index >= 15 is 0 Å². The molecule has 156 valence electrons. The number of imidazole rings is 1. The zero-order chi connectivity index (χ0) is 22.0. The van der Waals surface area contributed by atoms with Gasteiger partial charge in [-0.15, -0.1) is 0 Å². The number of amides is 1. The van der Waals surface area contributed by atoms with E-state index in [4.69, 9.17) is 28.9 Å². The van der Waals surface area contributed by atoms with Crippen molar-refractivity contribution in [3.05, 3.63) is 63.8 Å². The van der Waals surface area contributed by atoms with Crippen LogP contribution in [0, 0.1) is 6.92 Å². The number of hydrogen-bond acceptors (Lipinski definition) is 6. The molecule has 0 saturated heterocycles. The number of aryl methyl sites for hydroxylation is 1. The molecule has 0 saturated carbocycles. The van der Waals surface area contributed by atoms with Crippen LogP contribution in [-0.2, 0) is 17.8 Å². The molecule has 0 aliphatic rings. The van der Waals surface area contributed by atoms with E-state index in [1.165, 1.54) is 5.01 Å². The standard InChI is InChI=1S/C20H21Cl2N7O/c1-11-16(9-23)19(15-6-5-13(21)7-17(15)22)29-10-14(27-20(29)25-11)8-18(30)26-12(2)28(4)24-3/h5-7,10H,2-3,8-9,23H2,1,4H3,(H,26,30). The van der Waals surface area contributed by atoms with Crippen LogP contribution in [0.25, 0.3) is 17.0 Å². The monoisotopic (exact) mass is 445 g/mol. The van der Waals surface area contributed by atoms with Gasteiger partial charge in [0.05, 0.1) is 22.8 Å². The molecule has 0 aliphatic carbocycles. The highest BCUT2D eigenvalue weighted by molar-refractivity contribution is 6.36. The highest BCUT2D eigenvalue weighted by Gasteiger charge is 2.19. The van der Waals surface area contributed by atoms with Gasteiger partial charge in [-0.3, -0.25) is 14.2 Å². The first-order chi connectivity index (χ1) is 14.2. The number of carbonyl (C=O) groups excluding carboxylic acids is 1. The van der Waals surface area contributed by atoms with Crippen LogP contribution < -0.4 is 11.1 Å². The Hall–Kier alpha value is -2.94. The number of aromatic nitrogens is 3. The summed E-state index contributed by atoms with van der Waals surface area (Å²) in [6.45, 7) is 9.25. The summed E-state index contributed by atoms with van der Waals surface area (Å²) in [7, 11) is 1.63. The fourth-order valence-corrected chi connectivity index (χ4v) is 3.53. The molecule has 2 heterocycles. The molecule has 10 heteroatoms. The van der Waals surface area contributed by atoms with Crippen LogP contribution in [0.15, 0.2) is 41.9 Å². The predicted molar refractivity (Wildman–Crippen MR) is 119 cm³/mol. The van der Waals surface area contributed by atoms with E-state index in [2.05, 4.69) is 33.7 Å². The van der Waals surface area contributed by atoms with Crippen molar-refractivity contribution in [3.63, 3.8) is 0 Å². The van der Waals surface area contributed by atoms with Crippen molar-refractivity contribution in [2.24, 2.45) is 10.8 Å². The van der Waals surface area contributed by atoms with Gasteiger partial charge in [0.25, 0.3) is 0 Å². The Kier molecular flexibility index (Phi) is 6.40. The summed E-state index contributed by atoms with van der Waals surface area (Å²) in [4.78, 5) is 21.4. The third kappa shape index (κ3) is 4.30. The van der Waals surface area contributed by atoms with E-state index in [9.17, 15) is 4.79 Å². The number of fused-ring (bicyclic) bond motifs is 1. The normalized spacial score (nSPS) is 10.8. The molecule has 2 aromatic heterocycles. The van der Waals surface area contributed by atoms with E-state index in [-0.39, 0.29) is 18.9 Å². The first-order valence-electron chi connectivity index (χ1n) is 8.97. The minimum Gasteiger partial charge on any atom is -0.326 e. The fraction of sp³-hybridized carbons (Fsp3) is 0.200. The van der Waals surface area contributed by atoms with Crippen molar-refractivity contribution < 1.29 is 4.79 Å². The van der Waals surface area contributed by atoms with Gasteiger partial charge in [0.2, 0.25) is 11.7 Å². The molecule has 0 unspecified atom stereocenters. The quantitative estimate of drug-likeness (QED) is 0.429. The van der Waals surface area contributed by atoms with Crippen LogP contribution in [0.3, 0.4) is 0 Å². The van der Waals surface area contributed by atoms with Gasteiger partial charge >= 0.3 is 0 Å². The third-order valence-corrected chi connectivity index (χ3v) is 5.13. The summed E-state index contributed by atoms with van der Waals surface area (Å²) in [6.07, 6.45) is 1.77. The lowest BCUT2D eigenvalue weighted by Gasteiger charge is -2.15. The summed E-state index contributed by atoms with van der Waals surface area (Å²) in [5.41, 5.74) is 9.61. The maximum atomic E-state index is 12.4. The highest BCUT2D eigenvalue weighted by Crippen LogP contribution is 2.34. The molecule has 0 aliphatic heterocycles. The Morgan fingerprint density at radius 1 is 1.37 bits per heavy atom. The zero-order valence-corrected chi connectivity index (χ0v) is 18.1. The van der Waals surface area contributed by atoms with Crippen LogP contribution in [-0.4, -0.2) is 39.0 Å². The van der Waals surface area contributed by atoms with Crippen LogP contribution in [0.1, 0.15) is 17.0 Å². The smallest absolute Gasteiger partial charge is 0.234 e. The Labute approximate surface area is 184 Å². The van der Waals surface area contributed by atoms with Crippen molar-refractivity contribution in [1.29, 1.82) is 0 Å². The maximum absolute atomic E-state index is 12.4. The van der Waals surface area contributed by atoms with Gasteiger partial charge in [-0.1, -0.05) is 29.8 Å². The zero-order valence-electron chi connectivity index (χ0n) is 16.6. The number of rotatable bonds is 7. The second kappa shape index (κ2) is 8.83. The van der Waals surface area contributed by atoms with Crippen LogP contribution in [0.4, 0.5) is 0 Å². The van der Waals surface area contributed by atoms with Gasteiger partial charge in [-0.05, 0) is 25.1 Å². The Morgan fingerprint density at radius 3 is 2.73 bits per heavy atom. The molecule has 0 bridgehead atoms. The van der Waals surface area contributed by atoms with Crippen LogP contribution in [0.2, 0.25) is 10.0 Å². The lowest BCUT2D eigenvalue weighted by Crippen LogP contribution is -2.30. The number of halogens is 2. The number of nitrogens with zero attached hydrogens (tertiary/aromatic N) is 5. The largest absolute Gasteiger partial charge is 0.326 e. The minimum absolute atomic E-state index is 0.0260. The van der Waals surface area contributed by atoms with Gasteiger partial charge in [0, 0.05) is 48.4 Å². The van der Waals surface area contributed by atoms with Crippen LogP contribution >= 0.6 is 23.2 Å². The molecule has 0 fully saturated rings. The molecule has 30 heavy (non-hydrogen) atoms. The number of nitrogens with one attached hydrogen (secondary N) is 1. The van der Waals surface area contributed by atoms with Gasteiger partial charge < -0.3 is 11.1 Å². The van der Waals surface area contributed by atoms with Crippen LogP contribution in [0.5, 0.6) is 0 Å². The molecule has 8 nitrogen and oxygen atoms in total. The van der Waals surface area contributed by atoms with Gasteiger partial charge in [-0.25, -0.2) is 9.97 Å². The predicted octanol–water partition coefficient (Wildman–Crippen LogP) is 3.15. The SMILES string of the molecule is C=NN(C)C(=C)NC(=O)Cc1cn2c(-c3ccc(Cl)cc3Cl)c(CN)c(C)nc2n1. The Balaban J connectivity index is 2.05. The fourth-order valence-electron chi connectivity index (χ4n) is 3.03. The van der Waals surface area contributed by atoms with E-state index in [1.54, 1.807) is 29.8 Å². The minimum atomic E-state index is -0.291. The summed E-state index contributed by atoms with van der Waals surface area (Å²) in [5.74, 6) is 0.463. The molecule has 3 aromatic rings. The number of benzene rings is 1. The highest BCUT2D eigenvalue weighted by atomic mass is 35.5. The van der Waals surface area contributed by atoms with E-state index in [0.29, 0.717) is 27.3 Å². The number of hydrogen-bond donors (Lipinski definition) is 2. The van der Waals surface area contributed by atoms with Gasteiger partial charge in [0.1, 0.15) is 5.82 Å². The lowest BCUT2D eigenvalue weighted by molar-refractivity contribution is -0.120. The molecule has 3 N–H and O–H groups in total. The third-order valence-electron chi connectivity index (χ3n) is 4.59. The topological polar surface area (TPSA) is 101 Å². The summed E-state index contributed by atoms with van der Waals surface area (Å²) < 4.78 is 1.79. The van der Waals surface area contributed by atoms with Crippen molar-refractivity contribution in [2.45, 2.75) is 19.9 Å². The molecule has 1 aromatic carbocycles. The average molecular weight is 446 g/mol. The number of hydrazone groups is 1. The Bertz CT molecular complexity index is 1160. The molecule has 0 spiro atoms. The molecule has 0 radical (unpaired) electrons. The van der Waals surface area contributed by atoms with E-state index < -0.39 is 0 Å². The van der Waals surface area contributed by atoms with Gasteiger partial charge in [-0.2, -0.15) is 5.10 Å². The van der Waals surface area contributed by atoms with Crippen molar-refractivity contribution in [3.8, 4) is 11.3 Å². The van der Waals surface area contributed by atoms with E-state index in [0.717, 1.165) is 22.5 Å². The second-order valence-electron chi connectivity index (χ2n) is 6.59. The molecular formula is C20H21Cl2N7O. The molecule has 0 atom stereocenters. The summed E-state index contributed by atoms with van der Waals surface area (Å²) in [6, 6.07) is 5.25. The maximum Gasteiger partial charge on any atom is 0.234 e. The first-order valence-corrected chi connectivity index (χ1v) is 9.72. The number of nitrogens with two attached hydrogens (primary N) is 1. The van der Waals surface area contributed by atoms with Crippen molar-refractivity contribution >= 4 is 41.6 Å². The second-order valence-corrected chi connectivity index (χ2v) is 7.44. The molecule has 3 rings (SSSR count). The number of carbonyl (C=O) groups is 1. The van der Waals surface area contributed by atoms with Crippen molar-refractivity contribution in [2.75, 3.05) is 7.05 Å². The lowest BCUT2D eigenvalue weighted by atomic mass is 10.0. The summed E-state index contributed by atoms with van der Waals surface area (Å²) in [5, 5.41) is 8.70. The summed E-state index contributed by atoms with van der Waals surface area (Å²) >= 11 is 12.5. The van der Waals surface area contributed by atoms with E-state index in [1.807, 2.05) is 13.0 Å².